The molecule has 0 aromatic heterocycles. The van der Waals surface area contributed by atoms with Gasteiger partial charge in [0.2, 0.25) is 0 Å². The average Bonchev–Trinajstić information content (AvgIpc) is 3.96. The molecule has 2 radical (unpaired) electrons. The molecule has 4 heteroatoms. The van der Waals surface area contributed by atoms with E-state index in [0.717, 1.165) is 22.4 Å². The fourth-order valence-electron chi connectivity index (χ4n) is 8.53. The van der Waals surface area contributed by atoms with E-state index in [1.165, 1.54) is 111 Å². The number of aryl methyl sites for hydroxylation is 4. The van der Waals surface area contributed by atoms with E-state index in [4.69, 9.17) is 17.0 Å². The van der Waals surface area contributed by atoms with Crippen LogP contribution in [0.2, 0.25) is 13.1 Å². The van der Waals surface area contributed by atoms with E-state index in [1.807, 2.05) is 0 Å². The maximum atomic E-state index is 4.93. The van der Waals surface area contributed by atoms with Crippen LogP contribution >= 0.6 is 17.0 Å². The Morgan fingerprint density at radius 2 is 0.636 bits per heavy atom. The van der Waals surface area contributed by atoms with Crippen molar-refractivity contribution in [3.8, 4) is 44.5 Å². The van der Waals surface area contributed by atoms with Crippen molar-refractivity contribution in [3.63, 3.8) is 0 Å². The Kier molecular flexibility index (Phi) is 17.6. The zero-order valence-corrected chi connectivity index (χ0v) is 43.8. The van der Waals surface area contributed by atoms with Gasteiger partial charge in [-0.3, -0.25) is 0 Å². The molecule has 10 aromatic rings. The van der Waals surface area contributed by atoms with Crippen molar-refractivity contribution in [1.29, 1.82) is 0 Å². The zero-order valence-electron chi connectivity index (χ0n) is 38.8. The molecule has 66 heavy (non-hydrogen) atoms. The van der Waals surface area contributed by atoms with Gasteiger partial charge in [-0.25, -0.2) is 0 Å². The molecular formula is C62H56Cl2SiZr. The Bertz CT molecular complexity index is 2680. The molecule has 0 aliphatic carbocycles. The third-order valence-electron chi connectivity index (χ3n) is 11.8. The average molecular weight is 991 g/mol. The Hall–Kier alpha value is -5.34. The number of hydrogen-bond acceptors (Lipinski definition) is 0. The normalized spacial score (nSPS) is 10.5. The van der Waals surface area contributed by atoms with Gasteiger partial charge in [0.1, 0.15) is 0 Å². The predicted molar refractivity (Wildman–Crippen MR) is 287 cm³/mol. The molecule has 0 spiro atoms. The van der Waals surface area contributed by atoms with Gasteiger partial charge in [0.05, 0.1) is 0 Å². The molecule has 0 aliphatic heterocycles. The summed E-state index contributed by atoms with van der Waals surface area (Å²) in [6.45, 7) is 12.9. The van der Waals surface area contributed by atoms with Crippen LogP contribution in [0.3, 0.4) is 0 Å². The molecule has 0 unspecified atom stereocenters. The van der Waals surface area contributed by atoms with E-state index in [0.29, 0.717) is 0 Å². The van der Waals surface area contributed by atoms with Gasteiger partial charge in [0, 0.05) is 9.52 Å². The third kappa shape index (κ3) is 12.5. The van der Waals surface area contributed by atoms with Crippen LogP contribution in [0.4, 0.5) is 0 Å². The van der Waals surface area contributed by atoms with Gasteiger partial charge in [0.25, 0.3) is 0 Å². The van der Waals surface area contributed by atoms with Gasteiger partial charge in [0.15, 0.2) is 0 Å². The van der Waals surface area contributed by atoms with Gasteiger partial charge < -0.3 is 0 Å². The molecule has 0 amide bonds. The quantitative estimate of drug-likeness (QED) is 0.105. The standard InChI is InChI=1S/2C30H25.C2H6Si.2ClH.Zr/c2*1-21-8-12-25(13-9-21)27-16-17-28(26-14-10-22(2)11-15-26)30-20-24(19-29(27)30)18-23-6-4-3-5-7-23;1-3-2;;;/h2*3-17,19-20H,18H2,1-2H3;1-2H3;2*1H;/q2*-1;;;;+4/p-2. The van der Waals surface area contributed by atoms with Gasteiger partial charge in [-0.05, 0) is 62.8 Å². The molecule has 0 fully saturated rings. The van der Waals surface area contributed by atoms with Crippen molar-refractivity contribution in [2.24, 2.45) is 0 Å². The van der Waals surface area contributed by atoms with E-state index in [-0.39, 0.29) is 0 Å². The first-order chi connectivity index (χ1) is 32.2. The first-order valence-electron chi connectivity index (χ1n) is 22.5. The van der Waals surface area contributed by atoms with Gasteiger partial charge in [-0.15, -0.1) is 44.8 Å². The first-order valence-corrected chi connectivity index (χ1v) is 30.9. The van der Waals surface area contributed by atoms with Crippen LogP contribution in [0.25, 0.3) is 66.1 Å². The van der Waals surface area contributed by atoms with Crippen molar-refractivity contribution < 1.29 is 20.8 Å². The summed E-state index contributed by atoms with van der Waals surface area (Å²) < 4.78 is 0. The van der Waals surface area contributed by atoms with Crippen molar-refractivity contribution in [1.82, 2.24) is 0 Å². The fraction of sp³-hybridized carbons (Fsp3) is 0.129. The van der Waals surface area contributed by atoms with E-state index >= 15 is 0 Å². The van der Waals surface area contributed by atoms with E-state index in [2.05, 4.69) is 247 Å². The van der Waals surface area contributed by atoms with Gasteiger partial charge >= 0.3 is 37.9 Å². The van der Waals surface area contributed by atoms with Crippen molar-refractivity contribution in [2.75, 3.05) is 0 Å². The monoisotopic (exact) mass is 988 g/mol. The summed E-state index contributed by atoms with van der Waals surface area (Å²) in [6, 6.07) is 75.6. The molecule has 0 saturated heterocycles. The molecule has 0 N–H and O–H groups in total. The molecule has 326 valence electrons. The summed E-state index contributed by atoms with van der Waals surface area (Å²) in [5.41, 5.74) is 20.9. The van der Waals surface area contributed by atoms with E-state index in [1.54, 1.807) is 0 Å². The fourth-order valence-corrected chi connectivity index (χ4v) is 8.53. The summed E-state index contributed by atoms with van der Waals surface area (Å²) in [5.74, 6) is 0. The molecule has 0 aliphatic rings. The first kappa shape index (κ1) is 48.6. The minimum absolute atomic E-state index is 0.826. The van der Waals surface area contributed by atoms with Crippen LogP contribution in [-0.2, 0) is 33.7 Å². The SMILES string of the molecule is C[Si]C.Cc1ccc(-c2ccc(-c3ccc(C)cc3)c3[cH-]c(Cc4ccccc4)cc23)cc1.Cc1ccc(-c2ccc(-c3ccc(C)cc3)c3[cH-]c(Cc4ccccc4)cc23)cc1.[Cl][Zr+2][Cl]. The Balaban J connectivity index is 0.000000176. The van der Waals surface area contributed by atoms with Crippen molar-refractivity contribution in [2.45, 2.75) is 53.6 Å². The summed E-state index contributed by atoms with van der Waals surface area (Å²) in [6.07, 6.45) is 1.91. The number of hydrogen-bond donors (Lipinski definition) is 0. The third-order valence-corrected chi connectivity index (χ3v) is 11.8. The van der Waals surface area contributed by atoms with Gasteiger partial charge in [-0.1, -0.05) is 251 Å². The second kappa shape index (κ2) is 23.9. The number of rotatable bonds is 8. The second-order valence-electron chi connectivity index (χ2n) is 17.1. The summed E-state index contributed by atoms with van der Waals surface area (Å²) in [5, 5.41) is 5.34. The number of benzene rings is 8. The Morgan fingerprint density at radius 3 is 0.924 bits per heavy atom. The molecule has 0 nitrogen and oxygen atoms in total. The van der Waals surface area contributed by atoms with Crippen LogP contribution in [0.1, 0.15) is 44.5 Å². The van der Waals surface area contributed by atoms with Crippen LogP contribution in [0, 0.1) is 27.7 Å². The molecule has 0 saturated carbocycles. The van der Waals surface area contributed by atoms with Crippen LogP contribution in [-0.4, -0.2) is 9.52 Å². The summed E-state index contributed by atoms with van der Waals surface area (Å²) in [7, 11) is 11.0. The summed E-state index contributed by atoms with van der Waals surface area (Å²) in [4.78, 5) is 0. The molecule has 10 aromatic carbocycles. The molecule has 10 rings (SSSR count). The van der Waals surface area contributed by atoms with Crippen molar-refractivity contribution in [3.05, 3.63) is 251 Å². The Morgan fingerprint density at radius 1 is 0.379 bits per heavy atom. The number of fused-ring (bicyclic) bond motifs is 2. The van der Waals surface area contributed by atoms with Crippen LogP contribution < -0.4 is 0 Å². The molecule has 0 bridgehead atoms. The van der Waals surface area contributed by atoms with E-state index < -0.39 is 20.8 Å². The van der Waals surface area contributed by atoms with Crippen molar-refractivity contribution >= 4 is 48.1 Å². The molecule has 0 heterocycles. The maximum absolute atomic E-state index is 4.93. The van der Waals surface area contributed by atoms with E-state index in [9.17, 15) is 0 Å². The Labute approximate surface area is 414 Å². The molecular weight excluding hydrogens is 935 g/mol. The second-order valence-corrected chi connectivity index (χ2v) is 21.8. The summed E-state index contributed by atoms with van der Waals surface area (Å²) >= 11 is -0.826. The minimum atomic E-state index is -0.826. The van der Waals surface area contributed by atoms with Crippen LogP contribution in [0.5, 0.6) is 0 Å². The predicted octanol–water partition coefficient (Wildman–Crippen LogP) is 18.4. The van der Waals surface area contributed by atoms with Gasteiger partial charge in [-0.2, -0.15) is 12.1 Å². The van der Waals surface area contributed by atoms with Crippen LogP contribution in [0.15, 0.2) is 206 Å². The molecule has 0 atom stereocenters. The number of halogens is 2. The zero-order chi connectivity index (χ0) is 46.4. The topological polar surface area (TPSA) is 0 Å².